The molecule has 0 aromatic carbocycles. The first-order valence-corrected chi connectivity index (χ1v) is 11.0. The van der Waals surface area contributed by atoms with Crippen molar-refractivity contribution in [1.82, 2.24) is 0 Å². The molecule has 0 aromatic heterocycles. The maximum atomic E-state index is 12.3. The van der Waals surface area contributed by atoms with Gasteiger partial charge in [-0.05, 0) is 38.0 Å². The molecule has 3 unspecified atom stereocenters. The van der Waals surface area contributed by atoms with Crippen molar-refractivity contribution in [2.24, 2.45) is 17.8 Å². The van der Waals surface area contributed by atoms with Crippen LogP contribution < -0.4 is 0 Å². The van der Waals surface area contributed by atoms with E-state index in [0.717, 1.165) is 31.0 Å². The molecule has 0 aliphatic heterocycles. The van der Waals surface area contributed by atoms with Crippen molar-refractivity contribution >= 4 is 27.9 Å². The smallest absolute Gasteiger partial charge is 0.308 e. The summed E-state index contributed by atoms with van der Waals surface area (Å²) in [6.45, 7) is 9.16. The summed E-state index contributed by atoms with van der Waals surface area (Å²) in [5.74, 6) is -0.122. The molecule has 0 bridgehead atoms. The lowest BCUT2D eigenvalue weighted by molar-refractivity contribution is -0.152. The fourth-order valence-corrected chi connectivity index (χ4v) is 2.87. The number of unbranched alkanes of at least 4 members (excludes halogenated alkanes) is 1. The molecule has 0 heterocycles. The average molecular weight is 421 g/mol. The molecular weight excluding hydrogens is 384 g/mol. The second-order valence-electron chi connectivity index (χ2n) is 6.84. The zero-order valence-corrected chi connectivity index (χ0v) is 18.1. The van der Waals surface area contributed by atoms with E-state index in [1.807, 2.05) is 13.8 Å². The predicted molar refractivity (Wildman–Crippen MR) is 106 cm³/mol. The largest absolute Gasteiger partial charge is 0.465 e. The Morgan fingerprint density at radius 2 is 1.64 bits per heavy atom. The molecule has 0 saturated heterocycles. The molecule has 4 nitrogen and oxygen atoms in total. The van der Waals surface area contributed by atoms with E-state index in [9.17, 15) is 9.59 Å². The lowest BCUT2D eigenvalue weighted by atomic mass is 9.95. The van der Waals surface area contributed by atoms with Gasteiger partial charge in [-0.15, -0.1) is 0 Å². The summed E-state index contributed by atoms with van der Waals surface area (Å²) in [5, 5.41) is 0.829. The monoisotopic (exact) mass is 420 g/mol. The Kier molecular flexibility index (Phi) is 15.3. The molecule has 0 rings (SSSR count). The van der Waals surface area contributed by atoms with Gasteiger partial charge in [0.1, 0.15) is 0 Å². The van der Waals surface area contributed by atoms with Gasteiger partial charge < -0.3 is 9.47 Å². The maximum Gasteiger partial charge on any atom is 0.308 e. The van der Waals surface area contributed by atoms with E-state index in [2.05, 4.69) is 29.8 Å². The molecular formula is C20H37BrO4. The highest BCUT2D eigenvalue weighted by Gasteiger charge is 2.22. The van der Waals surface area contributed by atoms with Crippen molar-refractivity contribution in [2.45, 2.75) is 79.1 Å². The van der Waals surface area contributed by atoms with Gasteiger partial charge >= 0.3 is 11.9 Å². The number of carbonyl (C=O) groups is 2. The van der Waals surface area contributed by atoms with Crippen LogP contribution in [0.3, 0.4) is 0 Å². The fraction of sp³-hybridized carbons (Fsp3) is 0.900. The average Bonchev–Trinajstić information content (AvgIpc) is 2.62. The second-order valence-corrected chi connectivity index (χ2v) is 7.63. The van der Waals surface area contributed by atoms with Crippen LogP contribution in [-0.2, 0) is 19.1 Å². The third-order valence-electron chi connectivity index (χ3n) is 4.70. The molecule has 0 saturated carbocycles. The van der Waals surface area contributed by atoms with Gasteiger partial charge in [0.05, 0.1) is 25.0 Å². The van der Waals surface area contributed by atoms with E-state index in [0.29, 0.717) is 32.0 Å². The molecule has 25 heavy (non-hydrogen) atoms. The minimum absolute atomic E-state index is 0.114. The fourth-order valence-electron chi connectivity index (χ4n) is 2.64. The van der Waals surface area contributed by atoms with E-state index in [1.165, 1.54) is 12.8 Å². The lowest BCUT2D eigenvalue weighted by Gasteiger charge is -2.19. The third-order valence-corrected chi connectivity index (χ3v) is 5.26. The number of carbonyl (C=O) groups excluding carboxylic acids is 2. The molecule has 148 valence electrons. The summed E-state index contributed by atoms with van der Waals surface area (Å²) in [6.07, 6.45) is 7.42. The number of esters is 2. The maximum absolute atomic E-state index is 12.3. The Hall–Kier alpha value is -0.580. The van der Waals surface area contributed by atoms with E-state index >= 15 is 0 Å². The van der Waals surface area contributed by atoms with Crippen LogP contribution in [0.15, 0.2) is 0 Å². The predicted octanol–water partition coefficient (Wildman–Crippen LogP) is 5.52. The van der Waals surface area contributed by atoms with Gasteiger partial charge in [-0.2, -0.15) is 0 Å². The van der Waals surface area contributed by atoms with Crippen LogP contribution in [0.1, 0.15) is 79.1 Å². The van der Waals surface area contributed by atoms with Crippen LogP contribution in [0.25, 0.3) is 0 Å². The Bertz CT molecular complexity index is 360. The van der Waals surface area contributed by atoms with Crippen molar-refractivity contribution in [1.29, 1.82) is 0 Å². The highest BCUT2D eigenvalue weighted by atomic mass is 79.9. The number of rotatable bonds is 15. The van der Waals surface area contributed by atoms with Gasteiger partial charge in [0.2, 0.25) is 0 Å². The highest BCUT2D eigenvalue weighted by Crippen LogP contribution is 2.20. The highest BCUT2D eigenvalue weighted by molar-refractivity contribution is 9.09. The van der Waals surface area contributed by atoms with Gasteiger partial charge in [0, 0.05) is 5.33 Å². The Morgan fingerprint density at radius 1 is 0.920 bits per heavy atom. The molecule has 0 aliphatic rings. The lowest BCUT2D eigenvalue weighted by Crippen LogP contribution is -2.23. The van der Waals surface area contributed by atoms with Crippen LogP contribution in [-0.4, -0.2) is 30.5 Å². The molecule has 0 aromatic rings. The molecule has 0 radical (unpaired) electrons. The standard InChI is InChI=1S/C20H37BrO4/c1-5-8-10-17(6-2)15-25-20(23)18(7-3)12-11-16(4)19(22)24-14-9-13-21/h16-18H,5-15H2,1-4H3. The zero-order chi connectivity index (χ0) is 19.1. The number of hydrogen-bond donors (Lipinski definition) is 0. The van der Waals surface area contributed by atoms with Crippen molar-refractivity contribution in [3.05, 3.63) is 0 Å². The summed E-state index contributed by atoms with van der Waals surface area (Å²) in [6, 6.07) is 0. The number of alkyl halides is 1. The summed E-state index contributed by atoms with van der Waals surface area (Å²) in [4.78, 5) is 24.2. The van der Waals surface area contributed by atoms with Gasteiger partial charge in [-0.1, -0.05) is 62.9 Å². The molecule has 5 heteroatoms. The van der Waals surface area contributed by atoms with Gasteiger partial charge in [-0.25, -0.2) is 0 Å². The Morgan fingerprint density at radius 3 is 2.20 bits per heavy atom. The SMILES string of the molecule is CCCCC(CC)COC(=O)C(CC)CCC(C)C(=O)OCCCBr. The van der Waals surface area contributed by atoms with Crippen LogP contribution in [0, 0.1) is 17.8 Å². The van der Waals surface area contributed by atoms with Crippen LogP contribution in [0.4, 0.5) is 0 Å². The summed E-state index contributed by atoms with van der Waals surface area (Å²) < 4.78 is 10.8. The third kappa shape index (κ3) is 11.6. The van der Waals surface area contributed by atoms with Gasteiger partial charge in [0.15, 0.2) is 0 Å². The topological polar surface area (TPSA) is 52.6 Å². The first-order chi connectivity index (χ1) is 12.0. The van der Waals surface area contributed by atoms with E-state index in [4.69, 9.17) is 9.47 Å². The van der Waals surface area contributed by atoms with Crippen molar-refractivity contribution in [2.75, 3.05) is 18.5 Å². The van der Waals surface area contributed by atoms with E-state index < -0.39 is 0 Å². The summed E-state index contributed by atoms with van der Waals surface area (Å²) >= 11 is 3.31. The molecule has 0 N–H and O–H groups in total. The second kappa shape index (κ2) is 15.7. The van der Waals surface area contributed by atoms with Gasteiger partial charge in [0.25, 0.3) is 0 Å². The Balaban J connectivity index is 4.20. The number of hydrogen-bond acceptors (Lipinski definition) is 4. The number of halogens is 1. The normalized spacial score (nSPS) is 14.6. The van der Waals surface area contributed by atoms with Crippen LogP contribution in [0.2, 0.25) is 0 Å². The van der Waals surface area contributed by atoms with Gasteiger partial charge in [-0.3, -0.25) is 9.59 Å². The first-order valence-electron chi connectivity index (χ1n) is 9.89. The van der Waals surface area contributed by atoms with Crippen LogP contribution >= 0.6 is 15.9 Å². The molecule has 0 fully saturated rings. The van der Waals surface area contributed by atoms with Crippen molar-refractivity contribution in [3.8, 4) is 0 Å². The minimum Gasteiger partial charge on any atom is -0.465 e. The summed E-state index contributed by atoms with van der Waals surface area (Å²) in [5.41, 5.74) is 0. The van der Waals surface area contributed by atoms with Crippen molar-refractivity contribution < 1.29 is 19.1 Å². The molecule has 0 spiro atoms. The number of ether oxygens (including phenoxy) is 2. The quantitative estimate of drug-likeness (QED) is 0.199. The molecule has 0 amide bonds. The van der Waals surface area contributed by atoms with E-state index in [-0.39, 0.29) is 23.8 Å². The zero-order valence-electron chi connectivity index (χ0n) is 16.5. The van der Waals surface area contributed by atoms with Crippen molar-refractivity contribution in [3.63, 3.8) is 0 Å². The van der Waals surface area contributed by atoms with Crippen LogP contribution in [0.5, 0.6) is 0 Å². The minimum atomic E-state index is -0.176. The first kappa shape index (κ1) is 24.4. The van der Waals surface area contributed by atoms with E-state index in [1.54, 1.807) is 0 Å². The molecule has 0 aliphatic carbocycles. The summed E-state index contributed by atoms with van der Waals surface area (Å²) in [7, 11) is 0. The Labute approximate surface area is 162 Å². The molecule has 3 atom stereocenters.